The van der Waals surface area contributed by atoms with Gasteiger partial charge in [-0.1, -0.05) is 32.9 Å². The fraction of sp³-hybridized carbons (Fsp3) is 0.875. The Labute approximate surface area is 122 Å². The van der Waals surface area contributed by atoms with Crippen molar-refractivity contribution < 1.29 is 4.52 Å². The minimum atomic E-state index is -0.122. The van der Waals surface area contributed by atoms with Gasteiger partial charge in [0, 0.05) is 5.92 Å². The molecule has 2 rings (SSSR count). The van der Waals surface area contributed by atoms with Crippen LogP contribution in [0, 0.1) is 17.8 Å². The normalized spacial score (nSPS) is 25.4. The lowest BCUT2D eigenvalue weighted by molar-refractivity contribution is 0.251. The van der Waals surface area contributed by atoms with Gasteiger partial charge in [-0.2, -0.15) is 4.98 Å². The molecule has 4 nitrogen and oxygen atoms in total. The van der Waals surface area contributed by atoms with Crippen molar-refractivity contribution in [3.63, 3.8) is 0 Å². The topological polar surface area (TPSA) is 64.9 Å². The Morgan fingerprint density at radius 3 is 2.35 bits per heavy atom. The zero-order valence-corrected chi connectivity index (χ0v) is 13.3. The minimum absolute atomic E-state index is 0.122. The van der Waals surface area contributed by atoms with E-state index in [1.54, 1.807) is 0 Å². The smallest absolute Gasteiger partial charge is 0.243 e. The standard InChI is InChI=1S/C16H29N3O/c1-10(2)9-14(17)16-18-15(19-20-16)13-7-5-12(6-8-13)11(3)4/h10-14H,5-9,17H2,1-4H3/t12?,13?,14-/m1/s1. The van der Waals surface area contributed by atoms with Crippen molar-refractivity contribution in [1.82, 2.24) is 10.1 Å². The molecule has 0 aliphatic heterocycles. The second kappa shape index (κ2) is 6.70. The first-order valence-corrected chi connectivity index (χ1v) is 8.06. The van der Waals surface area contributed by atoms with E-state index in [9.17, 15) is 0 Å². The molecule has 1 heterocycles. The third kappa shape index (κ3) is 3.81. The summed E-state index contributed by atoms with van der Waals surface area (Å²) in [6.07, 6.45) is 5.82. The van der Waals surface area contributed by atoms with E-state index < -0.39 is 0 Å². The highest BCUT2D eigenvalue weighted by atomic mass is 16.5. The summed E-state index contributed by atoms with van der Waals surface area (Å²) >= 11 is 0. The van der Waals surface area contributed by atoms with E-state index in [2.05, 4.69) is 37.8 Å². The Morgan fingerprint density at radius 2 is 1.80 bits per heavy atom. The lowest BCUT2D eigenvalue weighted by Crippen LogP contribution is -2.18. The molecular formula is C16H29N3O. The fourth-order valence-corrected chi connectivity index (χ4v) is 3.22. The van der Waals surface area contributed by atoms with Gasteiger partial charge >= 0.3 is 0 Å². The van der Waals surface area contributed by atoms with Gasteiger partial charge in [-0.05, 0) is 49.9 Å². The summed E-state index contributed by atoms with van der Waals surface area (Å²) in [7, 11) is 0. The number of hydrogen-bond acceptors (Lipinski definition) is 4. The first-order chi connectivity index (χ1) is 9.47. The quantitative estimate of drug-likeness (QED) is 0.883. The van der Waals surface area contributed by atoms with E-state index in [1.807, 2.05) is 0 Å². The van der Waals surface area contributed by atoms with Gasteiger partial charge in [0.25, 0.3) is 0 Å². The molecule has 0 spiro atoms. The van der Waals surface area contributed by atoms with Crippen molar-refractivity contribution in [1.29, 1.82) is 0 Å². The molecule has 0 aromatic carbocycles. The zero-order valence-electron chi connectivity index (χ0n) is 13.3. The Morgan fingerprint density at radius 1 is 1.15 bits per heavy atom. The molecule has 1 aliphatic rings. The maximum Gasteiger partial charge on any atom is 0.243 e. The van der Waals surface area contributed by atoms with Crippen LogP contribution in [0.1, 0.15) is 83.5 Å². The summed E-state index contributed by atoms with van der Waals surface area (Å²) < 4.78 is 5.37. The van der Waals surface area contributed by atoms with E-state index in [-0.39, 0.29) is 6.04 Å². The van der Waals surface area contributed by atoms with Crippen LogP contribution in [0.4, 0.5) is 0 Å². The molecule has 1 aromatic heterocycles. The lowest BCUT2D eigenvalue weighted by atomic mass is 9.77. The average molecular weight is 279 g/mol. The van der Waals surface area contributed by atoms with Crippen molar-refractivity contribution in [3.8, 4) is 0 Å². The number of hydrogen-bond donors (Lipinski definition) is 1. The highest BCUT2D eigenvalue weighted by molar-refractivity contribution is 5.00. The molecule has 0 amide bonds. The third-order valence-electron chi connectivity index (χ3n) is 4.58. The van der Waals surface area contributed by atoms with Crippen LogP contribution >= 0.6 is 0 Å². The molecule has 114 valence electrons. The van der Waals surface area contributed by atoms with Gasteiger partial charge in [-0.3, -0.25) is 0 Å². The molecule has 2 N–H and O–H groups in total. The second-order valence-corrected chi connectivity index (χ2v) is 7.08. The maximum absolute atomic E-state index is 6.10. The van der Waals surface area contributed by atoms with Crippen molar-refractivity contribution in [2.75, 3.05) is 0 Å². The van der Waals surface area contributed by atoms with Crippen LogP contribution in [0.2, 0.25) is 0 Å². The van der Waals surface area contributed by atoms with Gasteiger partial charge in [0.05, 0.1) is 6.04 Å². The van der Waals surface area contributed by atoms with Crippen LogP contribution in [-0.2, 0) is 0 Å². The lowest BCUT2D eigenvalue weighted by Gasteiger charge is -2.29. The van der Waals surface area contributed by atoms with Gasteiger partial charge < -0.3 is 10.3 Å². The van der Waals surface area contributed by atoms with Crippen molar-refractivity contribution in [2.24, 2.45) is 23.5 Å². The largest absolute Gasteiger partial charge is 0.338 e. The molecule has 0 bridgehead atoms. The molecule has 1 saturated carbocycles. The number of rotatable bonds is 5. The Hall–Kier alpha value is -0.900. The molecule has 4 heteroatoms. The Kier molecular flexibility index (Phi) is 5.19. The van der Waals surface area contributed by atoms with Gasteiger partial charge in [0.1, 0.15) is 0 Å². The van der Waals surface area contributed by atoms with E-state index in [0.717, 1.165) is 24.1 Å². The van der Waals surface area contributed by atoms with Crippen LogP contribution in [0.15, 0.2) is 4.52 Å². The molecule has 0 unspecified atom stereocenters. The van der Waals surface area contributed by atoms with Crippen LogP contribution < -0.4 is 5.73 Å². The Balaban J connectivity index is 1.93. The molecule has 1 aliphatic carbocycles. The molecule has 1 aromatic rings. The molecule has 1 atom stereocenters. The summed E-state index contributed by atoms with van der Waals surface area (Å²) in [6.45, 7) is 8.96. The highest BCUT2D eigenvalue weighted by Crippen LogP contribution is 2.37. The van der Waals surface area contributed by atoms with Crippen LogP contribution in [0.3, 0.4) is 0 Å². The van der Waals surface area contributed by atoms with Gasteiger partial charge in [0.15, 0.2) is 5.82 Å². The summed E-state index contributed by atoms with van der Waals surface area (Å²) in [5.74, 6) is 4.15. The maximum atomic E-state index is 6.10. The molecule has 1 fully saturated rings. The fourth-order valence-electron chi connectivity index (χ4n) is 3.22. The van der Waals surface area contributed by atoms with Crippen molar-refractivity contribution >= 4 is 0 Å². The first-order valence-electron chi connectivity index (χ1n) is 8.06. The van der Waals surface area contributed by atoms with Crippen molar-refractivity contribution in [2.45, 2.75) is 71.8 Å². The van der Waals surface area contributed by atoms with E-state index in [0.29, 0.717) is 17.7 Å². The van der Waals surface area contributed by atoms with Crippen molar-refractivity contribution in [3.05, 3.63) is 11.7 Å². The summed E-state index contributed by atoms with van der Waals surface area (Å²) in [5, 5.41) is 4.17. The van der Waals surface area contributed by atoms with E-state index in [1.165, 1.54) is 25.7 Å². The summed E-state index contributed by atoms with van der Waals surface area (Å²) in [5.41, 5.74) is 6.10. The predicted octanol–water partition coefficient (Wildman–Crippen LogP) is 4.05. The number of nitrogens with zero attached hydrogens (tertiary/aromatic N) is 2. The molecular weight excluding hydrogens is 250 g/mol. The van der Waals surface area contributed by atoms with E-state index in [4.69, 9.17) is 10.3 Å². The third-order valence-corrected chi connectivity index (χ3v) is 4.58. The average Bonchev–Trinajstić information content (AvgIpc) is 2.87. The molecule has 0 saturated heterocycles. The highest BCUT2D eigenvalue weighted by Gasteiger charge is 2.28. The Bertz CT molecular complexity index is 406. The zero-order chi connectivity index (χ0) is 14.7. The monoisotopic (exact) mass is 279 g/mol. The van der Waals surface area contributed by atoms with Crippen LogP contribution in [0.5, 0.6) is 0 Å². The van der Waals surface area contributed by atoms with Gasteiger partial charge in [0.2, 0.25) is 5.89 Å². The first kappa shape index (κ1) is 15.5. The van der Waals surface area contributed by atoms with Crippen LogP contribution in [-0.4, -0.2) is 10.1 Å². The predicted molar refractivity (Wildman–Crippen MR) is 80.2 cm³/mol. The SMILES string of the molecule is CC(C)C[C@@H](N)c1nc(C2CCC(C(C)C)CC2)no1. The number of aromatic nitrogens is 2. The van der Waals surface area contributed by atoms with Crippen LogP contribution in [0.25, 0.3) is 0 Å². The second-order valence-electron chi connectivity index (χ2n) is 7.08. The molecule has 0 radical (unpaired) electrons. The molecule has 20 heavy (non-hydrogen) atoms. The summed E-state index contributed by atoms with van der Waals surface area (Å²) in [4.78, 5) is 4.55. The van der Waals surface area contributed by atoms with E-state index >= 15 is 0 Å². The van der Waals surface area contributed by atoms with Gasteiger partial charge in [-0.25, -0.2) is 0 Å². The number of nitrogens with two attached hydrogens (primary N) is 1. The minimum Gasteiger partial charge on any atom is -0.338 e. The van der Waals surface area contributed by atoms with Gasteiger partial charge in [-0.15, -0.1) is 0 Å². The summed E-state index contributed by atoms with van der Waals surface area (Å²) in [6, 6.07) is -0.122.